The number of carbonyl (C=O) groups is 1. The molecule has 2 fully saturated rings. The molecule has 3 aromatic heterocycles. The van der Waals surface area contributed by atoms with Gasteiger partial charge >= 0.3 is 0 Å². The van der Waals surface area contributed by atoms with Crippen LogP contribution in [0.1, 0.15) is 41.7 Å². The Bertz CT molecular complexity index is 1350. The number of rotatable bonds is 7. The minimum atomic E-state index is -4.11. The third kappa shape index (κ3) is 4.41. The van der Waals surface area contributed by atoms with Crippen LogP contribution >= 0.6 is 11.6 Å². The topological polar surface area (TPSA) is 121 Å². The van der Waals surface area contributed by atoms with Crippen LogP contribution in [-0.4, -0.2) is 45.5 Å². The Morgan fingerprint density at radius 1 is 1.24 bits per heavy atom. The predicted molar refractivity (Wildman–Crippen MR) is 123 cm³/mol. The van der Waals surface area contributed by atoms with E-state index in [1.807, 2.05) is 4.72 Å². The molecule has 34 heavy (non-hydrogen) atoms. The number of hydrogen-bond donors (Lipinski definition) is 1. The quantitative estimate of drug-likeness (QED) is 0.491. The van der Waals surface area contributed by atoms with Gasteiger partial charge in [-0.1, -0.05) is 18.0 Å². The zero-order chi connectivity index (χ0) is 24.0. The number of hydrogen-bond acceptors (Lipinski definition) is 7. The molecule has 3 aromatic rings. The van der Waals surface area contributed by atoms with Gasteiger partial charge < -0.3 is 4.74 Å². The molecule has 3 heterocycles. The van der Waals surface area contributed by atoms with Crippen LogP contribution in [0.25, 0.3) is 5.82 Å². The van der Waals surface area contributed by atoms with Gasteiger partial charge in [-0.15, -0.1) is 5.10 Å². The molecule has 12 heteroatoms. The fourth-order valence-electron chi connectivity index (χ4n) is 5.08. The highest BCUT2D eigenvalue weighted by Gasteiger charge is 2.39. The summed E-state index contributed by atoms with van der Waals surface area (Å²) in [5.41, 5.74) is 0.204. The normalized spacial score (nSPS) is 21.7. The monoisotopic (exact) mass is 504 g/mol. The van der Waals surface area contributed by atoms with Crippen LogP contribution in [0.3, 0.4) is 0 Å². The Kier molecular flexibility index (Phi) is 5.85. The van der Waals surface area contributed by atoms with E-state index in [0.717, 1.165) is 11.8 Å². The summed E-state index contributed by atoms with van der Waals surface area (Å²) >= 11 is 6.22. The number of aryl methyl sites for hydroxylation is 2. The number of pyridine rings is 1. The highest BCUT2D eigenvalue weighted by Crippen LogP contribution is 2.48. The van der Waals surface area contributed by atoms with Crippen molar-refractivity contribution in [3.8, 4) is 11.7 Å². The van der Waals surface area contributed by atoms with Crippen molar-refractivity contribution >= 4 is 27.5 Å². The van der Waals surface area contributed by atoms with E-state index in [1.165, 1.54) is 53.4 Å². The summed E-state index contributed by atoms with van der Waals surface area (Å²) in [6.07, 6.45) is 8.24. The molecule has 180 valence electrons. The molecule has 2 aliphatic rings. The molecule has 0 radical (unpaired) electrons. The first-order valence-electron chi connectivity index (χ1n) is 11.1. The Morgan fingerprint density at radius 2 is 2.06 bits per heavy atom. The molecule has 5 rings (SSSR count). The molecule has 0 aliphatic heterocycles. The second kappa shape index (κ2) is 8.70. The minimum Gasteiger partial charge on any atom is -0.476 e. The number of amides is 1. The Balaban J connectivity index is 1.25. The summed E-state index contributed by atoms with van der Waals surface area (Å²) in [6, 6.07) is 4.70. The van der Waals surface area contributed by atoms with Gasteiger partial charge in [-0.25, -0.2) is 22.8 Å². The lowest BCUT2D eigenvalue weighted by atomic mass is 9.90. The molecule has 10 nitrogen and oxygen atoms in total. The highest BCUT2D eigenvalue weighted by atomic mass is 35.5. The maximum Gasteiger partial charge on any atom is 0.268 e. The molecule has 2 saturated carbocycles. The Labute approximate surface area is 202 Å². The molecule has 0 aromatic carbocycles. The van der Waals surface area contributed by atoms with Crippen LogP contribution < -0.4 is 9.46 Å². The second-order valence-electron chi connectivity index (χ2n) is 9.04. The van der Waals surface area contributed by atoms with Crippen molar-refractivity contribution in [2.45, 2.75) is 37.5 Å². The van der Waals surface area contributed by atoms with Gasteiger partial charge in [-0.3, -0.25) is 9.48 Å². The van der Waals surface area contributed by atoms with E-state index in [1.54, 1.807) is 26.2 Å². The van der Waals surface area contributed by atoms with Gasteiger partial charge in [-0.05, 0) is 56.1 Å². The summed E-state index contributed by atoms with van der Waals surface area (Å²) in [6.45, 7) is 2.21. The summed E-state index contributed by atoms with van der Waals surface area (Å²) in [5.74, 6) is 2.23. The maximum atomic E-state index is 12.6. The average Bonchev–Trinajstić information content (AvgIpc) is 3.56. The molecule has 1 N–H and O–H groups in total. The van der Waals surface area contributed by atoms with Crippen LogP contribution in [-0.2, 0) is 17.1 Å². The largest absolute Gasteiger partial charge is 0.476 e. The third-order valence-electron chi connectivity index (χ3n) is 6.69. The van der Waals surface area contributed by atoms with E-state index in [4.69, 9.17) is 16.3 Å². The highest BCUT2D eigenvalue weighted by molar-refractivity contribution is 7.90. The summed E-state index contributed by atoms with van der Waals surface area (Å²) < 4.78 is 35.9. The second-order valence-corrected chi connectivity index (χ2v) is 11.0. The molecule has 0 saturated heterocycles. The van der Waals surface area contributed by atoms with Crippen LogP contribution in [0, 0.1) is 24.7 Å². The van der Waals surface area contributed by atoms with Gasteiger partial charge in [0.25, 0.3) is 15.9 Å². The zero-order valence-corrected chi connectivity index (χ0v) is 20.4. The van der Waals surface area contributed by atoms with Crippen molar-refractivity contribution in [3.63, 3.8) is 0 Å². The van der Waals surface area contributed by atoms with Crippen molar-refractivity contribution in [2.75, 3.05) is 6.61 Å². The number of aromatic nitrogens is 5. The van der Waals surface area contributed by atoms with Crippen molar-refractivity contribution in [1.82, 2.24) is 29.3 Å². The van der Waals surface area contributed by atoms with E-state index in [2.05, 4.69) is 15.2 Å². The fourth-order valence-corrected chi connectivity index (χ4v) is 6.50. The maximum absolute atomic E-state index is 12.6. The number of carbonyl (C=O) groups excluding carboxylic acids is 1. The van der Waals surface area contributed by atoms with Gasteiger partial charge in [0.2, 0.25) is 5.88 Å². The number of nitrogens with zero attached hydrogens (tertiary/aromatic N) is 5. The molecule has 2 bridgehead atoms. The number of sulfonamides is 1. The first-order valence-corrected chi connectivity index (χ1v) is 13.0. The lowest BCUT2D eigenvalue weighted by Crippen LogP contribution is -2.31. The van der Waals surface area contributed by atoms with E-state index >= 15 is 0 Å². The number of halogens is 1. The smallest absolute Gasteiger partial charge is 0.268 e. The van der Waals surface area contributed by atoms with E-state index in [9.17, 15) is 13.2 Å². The lowest BCUT2D eigenvalue weighted by Gasteiger charge is -2.20. The summed E-state index contributed by atoms with van der Waals surface area (Å²) in [5, 5.41) is 8.25. The van der Waals surface area contributed by atoms with Crippen LogP contribution in [0.5, 0.6) is 5.88 Å². The van der Waals surface area contributed by atoms with Gasteiger partial charge in [0.1, 0.15) is 10.0 Å². The molecular weight excluding hydrogens is 480 g/mol. The van der Waals surface area contributed by atoms with Gasteiger partial charge in [-0.2, -0.15) is 5.10 Å². The van der Waals surface area contributed by atoms with E-state index in [0.29, 0.717) is 24.2 Å². The predicted octanol–water partition coefficient (Wildman–Crippen LogP) is 2.90. The zero-order valence-electron chi connectivity index (χ0n) is 18.8. The van der Waals surface area contributed by atoms with Crippen molar-refractivity contribution in [2.24, 2.45) is 24.8 Å². The first-order chi connectivity index (χ1) is 16.2. The molecule has 1 unspecified atom stereocenters. The van der Waals surface area contributed by atoms with Crippen molar-refractivity contribution in [1.29, 1.82) is 0 Å². The molecule has 1 amide bonds. The van der Waals surface area contributed by atoms with Crippen LogP contribution in [0.2, 0.25) is 5.15 Å². The van der Waals surface area contributed by atoms with Gasteiger partial charge in [0.05, 0.1) is 17.9 Å². The molecule has 0 spiro atoms. The molecular formula is C22H25ClN6O4S. The summed E-state index contributed by atoms with van der Waals surface area (Å²) in [7, 11) is -2.52. The Morgan fingerprint density at radius 3 is 2.71 bits per heavy atom. The molecule has 3 atom stereocenters. The van der Waals surface area contributed by atoms with E-state index in [-0.39, 0.29) is 21.3 Å². The Hall–Kier alpha value is -2.92. The van der Waals surface area contributed by atoms with Crippen LogP contribution in [0.15, 0.2) is 35.5 Å². The average molecular weight is 505 g/mol. The molecule has 2 aliphatic carbocycles. The van der Waals surface area contributed by atoms with Gasteiger partial charge in [0.15, 0.2) is 5.82 Å². The number of ether oxygens (including phenoxy) is 1. The standard InChI is InChI=1S/C22H25ClN6O4S/c1-13-18(11-28(2)25-13)34(31,32)27-22(30)17-5-6-19(24-21(17)23)29-8-7-20(26-29)33-12-16-10-14-3-4-15(16)9-14/h5-8,11,14-16H,3-4,9-10,12H2,1-2H3,(H,27,30)/t14-,15+,16?/m0/s1. The van der Waals surface area contributed by atoms with Gasteiger partial charge in [0, 0.05) is 25.5 Å². The summed E-state index contributed by atoms with van der Waals surface area (Å²) in [4.78, 5) is 16.7. The lowest BCUT2D eigenvalue weighted by molar-refractivity contribution is 0.0981. The third-order valence-corrected chi connectivity index (χ3v) is 8.41. The van der Waals surface area contributed by atoms with Crippen LogP contribution in [0.4, 0.5) is 0 Å². The van der Waals surface area contributed by atoms with Crippen molar-refractivity contribution in [3.05, 3.63) is 47.0 Å². The van der Waals surface area contributed by atoms with Crippen molar-refractivity contribution < 1.29 is 17.9 Å². The fraction of sp³-hybridized carbons (Fsp3) is 0.455. The SMILES string of the molecule is Cc1nn(C)cc1S(=O)(=O)NC(=O)c1ccc(-n2ccc(OCC3C[C@H]4CC[C@@H]3C4)n2)nc1Cl. The van der Waals surface area contributed by atoms with E-state index < -0.39 is 15.9 Å². The number of fused-ring (bicyclic) bond motifs is 2. The first kappa shape index (κ1) is 22.9. The minimum absolute atomic E-state index is 0.0737. The number of nitrogens with one attached hydrogen (secondary N) is 1.